The van der Waals surface area contributed by atoms with Gasteiger partial charge in [-0.05, 0) is 35.1 Å². The van der Waals surface area contributed by atoms with E-state index >= 15 is 0 Å². The third kappa shape index (κ3) is 3.06. The van der Waals surface area contributed by atoms with Crippen LogP contribution in [0.4, 0.5) is 4.79 Å². The van der Waals surface area contributed by atoms with Crippen LogP contribution in [0.3, 0.4) is 0 Å². The van der Waals surface area contributed by atoms with Crippen molar-refractivity contribution in [2.75, 3.05) is 13.2 Å². The summed E-state index contributed by atoms with van der Waals surface area (Å²) in [6.07, 6.45) is -0.848. The van der Waals surface area contributed by atoms with Gasteiger partial charge in [0, 0.05) is 12.5 Å². The van der Waals surface area contributed by atoms with Crippen molar-refractivity contribution in [2.45, 2.75) is 30.9 Å². The van der Waals surface area contributed by atoms with Gasteiger partial charge in [0.1, 0.15) is 6.61 Å². The Morgan fingerprint density at radius 2 is 1.63 bits per heavy atom. The first-order valence-corrected chi connectivity index (χ1v) is 9.10. The van der Waals surface area contributed by atoms with E-state index in [4.69, 9.17) is 4.74 Å². The fourth-order valence-electron chi connectivity index (χ4n) is 4.16. The van der Waals surface area contributed by atoms with E-state index in [1.165, 1.54) is 0 Å². The van der Waals surface area contributed by atoms with Gasteiger partial charge in [-0.1, -0.05) is 48.5 Å². The number of piperidine rings is 1. The fraction of sp³-hybridized carbons (Fsp3) is 0.333. The van der Waals surface area contributed by atoms with E-state index in [9.17, 15) is 19.8 Å². The van der Waals surface area contributed by atoms with Crippen molar-refractivity contribution >= 4 is 12.1 Å². The molecule has 0 bridgehead atoms. The third-order valence-electron chi connectivity index (χ3n) is 5.42. The quantitative estimate of drug-likeness (QED) is 0.871. The molecule has 140 valence electrons. The Kier molecular flexibility index (Phi) is 4.58. The number of carboxylic acid groups (broad SMARTS) is 1. The Morgan fingerprint density at radius 3 is 2.22 bits per heavy atom. The highest BCUT2D eigenvalue weighted by Gasteiger charge is 2.40. The molecule has 6 nitrogen and oxygen atoms in total. The molecule has 2 aromatic carbocycles. The molecule has 2 aromatic rings. The summed E-state index contributed by atoms with van der Waals surface area (Å²) in [6.45, 7) is 0.399. The second-order valence-electron chi connectivity index (χ2n) is 6.99. The number of rotatable bonds is 3. The Balaban J connectivity index is 1.53. The first kappa shape index (κ1) is 17.5. The van der Waals surface area contributed by atoms with Crippen molar-refractivity contribution in [3.05, 3.63) is 59.7 Å². The summed E-state index contributed by atoms with van der Waals surface area (Å²) >= 11 is 0. The Bertz CT molecular complexity index is 835. The van der Waals surface area contributed by atoms with Gasteiger partial charge in [-0.2, -0.15) is 0 Å². The molecule has 0 saturated carbocycles. The number of hydrogen-bond donors (Lipinski definition) is 2. The van der Waals surface area contributed by atoms with Crippen molar-refractivity contribution in [1.82, 2.24) is 4.90 Å². The first-order valence-electron chi connectivity index (χ1n) is 9.10. The van der Waals surface area contributed by atoms with Crippen molar-refractivity contribution in [1.29, 1.82) is 0 Å². The lowest BCUT2D eigenvalue weighted by Crippen LogP contribution is -2.55. The van der Waals surface area contributed by atoms with Gasteiger partial charge in [0.2, 0.25) is 0 Å². The van der Waals surface area contributed by atoms with E-state index in [2.05, 4.69) is 12.1 Å². The molecule has 4 rings (SSSR count). The van der Waals surface area contributed by atoms with Crippen LogP contribution in [0.5, 0.6) is 0 Å². The third-order valence-corrected chi connectivity index (χ3v) is 5.42. The van der Waals surface area contributed by atoms with Crippen molar-refractivity contribution in [3.63, 3.8) is 0 Å². The smallest absolute Gasteiger partial charge is 0.410 e. The lowest BCUT2D eigenvalue weighted by molar-refractivity contribution is -0.149. The Labute approximate surface area is 157 Å². The van der Waals surface area contributed by atoms with Crippen LogP contribution in [0, 0.1) is 0 Å². The standard InChI is InChI=1S/C21H21NO5/c23-18-10-5-11-22(19(18)20(24)25)21(26)27-12-17-15-8-3-1-6-13(15)14-7-2-4-9-16(14)17/h1-4,6-9,17-19,23H,5,10-12H2,(H,24,25)/t18-,19-/m1/s1. The minimum Gasteiger partial charge on any atom is -0.480 e. The van der Waals surface area contributed by atoms with Crippen LogP contribution < -0.4 is 0 Å². The van der Waals surface area contributed by atoms with Crippen molar-refractivity contribution in [2.24, 2.45) is 0 Å². The molecule has 1 aliphatic heterocycles. The number of aliphatic hydroxyl groups excluding tert-OH is 1. The monoisotopic (exact) mass is 367 g/mol. The number of likely N-dealkylation sites (tertiary alicyclic amines) is 1. The summed E-state index contributed by atoms with van der Waals surface area (Å²) in [5.74, 6) is -1.30. The normalized spacial score (nSPS) is 21.4. The van der Waals surface area contributed by atoms with Gasteiger partial charge in [0.25, 0.3) is 0 Å². The molecule has 1 aliphatic carbocycles. The molecule has 1 heterocycles. The number of benzene rings is 2. The van der Waals surface area contributed by atoms with E-state index in [0.29, 0.717) is 12.8 Å². The second-order valence-corrected chi connectivity index (χ2v) is 6.99. The summed E-state index contributed by atoms with van der Waals surface area (Å²) in [6, 6.07) is 14.8. The molecular formula is C21H21NO5. The number of carbonyl (C=O) groups excluding carboxylic acids is 1. The van der Waals surface area contributed by atoms with Gasteiger partial charge in [-0.25, -0.2) is 9.59 Å². The average Bonchev–Trinajstić information content (AvgIpc) is 2.99. The number of amides is 1. The van der Waals surface area contributed by atoms with Gasteiger partial charge >= 0.3 is 12.1 Å². The SMILES string of the molecule is O=C(O)[C@H]1[C@H](O)CCCN1C(=O)OCC1c2ccccc2-c2ccccc21. The molecular weight excluding hydrogens is 346 g/mol. The van der Waals surface area contributed by atoms with E-state index in [1.807, 2.05) is 36.4 Å². The topological polar surface area (TPSA) is 87.1 Å². The maximum Gasteiger partial charge on any atom is 0.410 e. The number of fused-ring (bicyclic) bond motifs is 3. The van der Waals surface area contributed by atoms with Crippen molar-refractivity contribution < 1.29 is 24.5 Å². The molecule has 2 aliphatic rings. The zero-order valence-electron chi connectivity index (χ0n) is 14.7. The molecule has 1 saturated heterocycles. The number of hydrogen-bond acceptors (Lipinski definition) is 4. The minimum atomic E-state index is -1.26. The van der Waals surface area contributed by atoms with Crippen LogP contribution >= 0.6 is 0 Å². The Hall–Kier alpha value is -2.86. The molecule has 27 heavy (non-hydrogen) atoms. The van der Waals surface area contributed by atoms with E-state index in [-0.39, 0.29) is 19.1 Å². The predicted molar refractivity (Wildman–Crippen MR) is 98.4 cm³/mol. The van der Waals surface area contributed by atoms with Crippen LogP contribution in [-0.2, 0) is 9.53 Å². The average molecular weight is 367 g/mol. The maximum absolute atomic E-state index is 12.6. The van der Waals surface area contributed by atoms with Crippen LogP contribution in [0.15, 0.2) is 48.5 Å². The van der Waals surface area contributed by atoms with E-state index in [1.54, 1.807) is 0 Å². The summed E-state index contributed by atoms with van der Waals surface area (Å²) < 4.78 is 5.52. The summed E-state index contributed by atoms with van der Waals surface area (Å²) in [4.78, 5) is 25.2. The van der Waals surface area contributed by atoms with Gasteiger partial charge in [-0.3, -0.25) is 4.90 Å². The van der Waals surface area contributed by atoms with Crippen LogP contribution in [-0.4, -0.2) is 52.5 Å². The van der Waals surface area contributed by atoms with Gasteiger partial charge in [0.15, 0.2) is 6.04 Å². The molecule has 0 spiro atoms. The van der Waals surface area contributed by atoms with E-state index < -0.39 is 24.2 Å². The highest BCUT2D eigenvalue weighted by molar-refractivity contribution is 5.81. The van der Waals surface area contributed by atoms with Crippen LogP contribution in [0.1, 0.15) is 29.9 Å². The predicted octanol–water partition coefficient (Wildman–Crippen LogP) is 2.85. The van der Waals surface area contributed by atoms with Crippen molar-refractivity contribution in [3.8, 4) is 11.1 Å². The van der Waals surface area contributed by atoms with Crippen LogP contribution in [0.2, 0.25) is 0 Å². The van der Waals surface area contributed by atoms with Gasteiger partial charge < -0.3 is 14.9 Å². The fourth-order valence-corrected chi connectivity index (χ4v) is 4.16. The number of aliphatic hydroxyl groups is 1. The second kappa shape index (κ2) is 7.04. The minimum absolute atomic E-state index is 0.0839. The Morgan fingerprint density at radius 1 is 1.04 bits per heavy atom. The van der Waals surface area contributed by atoms with E-state index in [0.717, 1.165) is 27.2 Å². The lowest BCUT2D eigenvalue weighted by atomic mass is 9.98. The highest BCUT2D eigenvalue weighted by atomic mass is 16.6. The maximum atomic E-state index is 12.6. The molecule has 0 radical (unpaired) electrons. The largest absolute Gasteiger partial charge is 0.480 e. The zero-order chi connectivity index (χ0) is 19.0. The summed E-state index contributed by atoms with van der Waals surface area (Å²) in [5.41, 5.74) is 4.46. The number of carbonyl (C=O) groups is 2. The molecule has 1 fully saturated rings. The number of carboxylic acids is 1. The molecule has 0 aromatic heterocycles. The molecule has 0 unspecified atom stereocenters. The summed E-state index contributed by atoms with van der Waals surface area (Å²) in [7, 11) is 0. The molecule has 6 heteroatoms. The number of nitrogens with zero attached hydrogens (tertiary/aromatic N) is 1. The van der Waals surface area contributed by atoms with Crippen LogP contribution in [0.25, 0.3) is 11.1 Å². The molecule has 2 atom stereocenters. The lowest BCUT2D eigenvalue weighted by Gasteiger charge is -2.35. The first-order chi connectivity index (χ1) is 13.1. The molecule has 2 N–H and O–H groups in total. The highest BCUT2D eigenvalue weighted by Crippen LogP contribution is 2.44. The van der Waals surface area contributed by atoms with Gasteiger partial charge in [-0.15, -0.1) is 0 Å². The summed E-state index contributed by atoms with van der Waals surface area (Å²) in [5, 5.41) is 19.3. The zero-order valence-corrected chi connectivity index (χ0v) is 14.7. The number of ether oxygens (including phenoxy) is 1. The van der Waals surface area contributed by atoms with Gasteiger partial charge in [0.05, 0.1) is 6.10 Å². The molecule has 1 amide bonds. The number of aliphatic carboxylic acids is 1.